The molecule has 0 saturated heterocycles. The van der Waals surface area contributed by atoms with Gasteiger partial charge in [0.25, 0.3) is 0 Å². The van der Waals surface area contributed by atoms with E-state index in [9.17, 15) is 4.39 Å². The monoisotopic (exact) mass is 229 g/mol. The zero-order chi connectivity index (χ0) is 11.6. The molecular formula is C10H16FN3O2. The van der Waals surface area contributed by atoms with E-state index in [0.29, 0.717) is 32.3 Å². The molecule has 1 aromatic rings. The summed E-state index contributed by atoms with van der Waals surface area (Å²) in [6.07, 6.45) is 3.10. The van der Waals surface area contributed by atoms with Crippen LogP contribution in [0.1, 0.15) is 6.42 Å². The van der Waals surface area contributed by atoms with Gasteiger partial charge in [0.15, 0.2) is 5.82 Å². The predicted octanol–water partition coefficient (Wildman–Crippen LogP) is 1.08. The van der Waals surface area contributed by atoms with Crippen LogP contribution in [0.4, 0.5) is 10.3 Å². The Kier molecular flexibility index (Phi) is 6.36. The van der Waals surface area contributed by atoms with Crippen molar-refractivity contribution in [3.63, 3.8) is 0 Å². The Bertz CT molecular complexity index is 282. The summed E-state index contributed by atoms with van der Waals surface area (Å²) >= 11 is 0. The molecule has 0 radical (unpaired) electrons. The lowest BCUT2D eigenvalue weighted by Gasteiger charge is -2.05. The smallest absolute Gasteiger partial charge is 0.222 e. The minimum absolute atomic E-state index is 0.429. The Labute approximate surface area is 94.0 Å². The Balaban J connectivity index is 2.01. The quantitative estimate of drug-likeness (QED) is 0.676. The summed E-state index contributed by atoms with van der Waals surface area (Å²) < 4.78 is 22.6. The first-order valence-corrected chi connectivity index (χ1v) is 5.11. The molecule has 1 heterocycles. The van der Waals surface area contributed by atoms with Gasteiger partial charge in [0.1, 0.15) is 0 Å². The minimum Gasteiger partial charge on any atom is -0.382 e. The van der Waals surface area contributed by atoms with Gasteiger partial charge in [0, 0.05) is 20.3 Å². The van der Waals surface area contributed by atoms with Gasteiger partial charge in [-0.3, -0.25) is 0 Å². The summed E-state index contributed by atoms with van der Waals surface area (Å²) in [6.45, 7) is 2.55. The van der Waals surface area contributed by atoms with Crippen molar-refractivity contribution in [3.8, 4) is 0 Å². The number of anilines is 1. The van der Waals surface area contributed by atoms with Gasteiger partial charge in [-0.1, -0.05) is 0 Å². The molecule has 0 aliphatic heterocycles. The maximum atomic E-state index is 12.5. The summed E-state index contributed by atoms with van der Waals surface area (Å²) in [5.41, 5.74) is 0. The van der Waals surface area contributed by atoms with Gasteiger partial charge < -0.3 is 14.8 Å². The third kappa shape index (κ3) is 5.57. The van der Waals surface area contributed by atoms with Gasteiger partial charge in [0.05, 0.1) is 25.6 Å². The fraction of sp³-hybridized carbons (Fsp3) is 0.600. The summed E-state index contributed by atoms with van der Waals surface area (Å²) in [4.78, 5) is 7.53. The van der Waals surface area contributed by atoms with Crippen LogP contribution in [0.25, 0.3) is 0 Å². The van der Waals surface area contributed by atoms with E-state index in [0.717, 1.165) is 18.8 Å². The number of nitrogens with zero attached hydrogens (tertiary/aromatic N) is 2. The number of rotatable bonds is 8. The Morgan fingerprint density at radius 2 is 2.00 bits per heavy atom. The van der Waals surface area contributed by atoms with Gasteiger partial charge in [-0.25, -0.2) is 14.4 Å². The van der Waals surface area contributed by atoms with Gasteiger partial charge in [-0.2, -0.15) is 0 Å². The van der Waals surface area contributed by atoms with Crippen molar-refractivity contribution in [3.05, 3.63) is 18.2 Å². The highest BCUT2D eigenvalue weighted by Gasteiger charge is 1.95. The molecule has 16 heavy (non-hydrogen) atoms. The number of hydrogen-bond acceptors (Lipinski definition) is 5. The molecule has 0 spiro atoms. The van der Waals surface area contributed by atoms with E-state index >= 15 is 0 Å². The molecule has 90 valence electrons. The van der Waals surface area contributed by atoms with Crippen LogP contribution in [-0.4, -0.2) is 43.4 Å². The molecule has 0 aliphatic rings. The maximum Gasteiger partial charge on any atom is 0.222 e. The third-order valence-electron chi connectivity index (χ3n) is 1.80. The van der Waals surface area contributed by atoms with Crippen LogP contribution in [0.15, 0.2) is 12.4 Å². The lowest BCUT2D eigenvalue weighted by atomic mass is 10.4. The summed E-state index contributed by atoms with van der Waals surface area (Å²) in [7, 11) is 1.64. The molecule has 1 rings (SSSR count). The number of halogens is 1. The van der Waals surface area contributed by atoms with Gasteiger partial charge in [-0.05, 0) is 6.42 Å². The topological polar surface area (TPSA) is 56.3 Å². The van der Waals surface area contributed by atoms with Crippen molar-refractivity contribution in [1.82, 2.24) is 9.97 Å². The Morgan fingerprint density at radius 3 is 2.69 bits per heavy atom. The summed E-state index contributed by atoms with van der Waals surface area (Å²) in [5.74, 6) is -0.00765. The van der Waals surface area contributed by atoms with Crippen molar-refractivity contribution in [1.29, 1.82) is 0 Å². The van der Waals surface area contributed by atoms with Gasteiger partial charge in [-0.15, -0.1) is 0 Å². The fourth-order valence-electron chi connectivity index (χ4n) is 1.02. The van der Waals surface area contributed by atoms with E-state index in [2.05, 4.69) is 15.3 Å². The molecule has 0 amide bonds. The van der Waals surface area contributed by atoms with Gasteiger partial charge >= 0.3 is 0 Å². The first-order valence-electron chi connectivity index (χ1n) is 5.11. The second-order valence-corrected chi connectivity index (χ2v) is 3.11. The fourth-order valence-corrected chi connectivity index (χ4v) is 1.02. The predicted molar refractivity (Wildman–Crippen MR) is 57.8 cm³/mol. The number of nitrogens with one attached hydrogen (secondary N) is 1. The molecule has 0 saturated carbocycles. The lowest BCUT2D eigenvalue weighted by Crippen LogP contribution is -2.10. The van der Waals surface area contributed by atoms with E-state index in [1.54, 1.807) is 7.11 Å². The molecule has 0 atom stereocenters. The van der Waals surface area contributed by atoms with E-state index in [-0.39, 0.29) is 0 Å². The van der Waals surface area contributed by atoms with Crippen LogP contribution in [0, 0.1) is 5.82 Å². The first kappa shape index (κ1) is 12.8. The number of hydrogen-bond donors (Lipinski definition) is 1. The highest BCUT2D eigenvalue weighted by Crippen LogP contribution is 1.97. The number of methoxy groups -OCH3 is 1. The summed E-state index contributed by atoms with van der Waals surface area (Å²) in [6, 6.07) is 0. The standard InChI is InChI=1S/C10H16FN3O2/c1-15-5-6-16-4-2-3-12-10-13-7-9(11)8-14-10/h7-8H,2-6H2,1H3,(H,12,13,14). The second kappa shape index (κ2) is 7.95. The second-order valence-electron chi connectivity index (χ2n) is 3.11. The normalized spacial score (nSPS) is 10.4. The van der Waals surface area contributed by atoms with Crippen LogP contribution in [-0.2, 0) is 9.47 Å². The van der Waals surface area contributed by atoms with Crippen LogP contribution in [0.5, 0.6) is 0 Å². The average molecular weight is 229 g/mol. The molecule has 0 fully saturated rings. The van der Waals surface area contributed by atoms with Crippen LogP contribution in [0.3, 0.4) is 0 Å². The molecule has 1 N–H and O–H groups in total. The molecular weight excluding hydrogens is 213 g/mol. The first-order chi connectivity index (χ1) is 7.83. The third-order valence-corrected chi connectivity index (χ3v) is 1.80. The van der Waals surface area contributed by atoms with Crippen molar-refractivity contribution < 1.29 is 13.9 Å². The molecule has 1 aromatic heterocycles. The van der Waals surface area contributed by atoms with E-state index in [4.69, 9.17) is 9.47 Å². The average Bonchev–Trinajstić information content (AvgIpc) is 2.30. The molecule has 0 aliphatic carbocycles. The highest BCUT2D eigenvalue weighted by atomic mass is 19.1. The number of aromatic nitrogens is 2. The Hall–Kier alpha value is -1.27. The largest absolute Gasteiger partial charge is 0.382 e. The van der Waals surface area contributed by atoms with Crippen molar-refractivity contribution in [2.75, 3.05) is 38.8 Å². The van der Waals surface area contributed by atoms with Gasteiger partial charge in [0.2, 0.25) is 5.95 Å². The van der Waals surface area contributed by atoms with Crippen LogP contribution in [0.2, 0.25) is 0 Å². The SMILES string of the molecule is COCCOCCCNc1ncc(F)cn1. The summed E-state index contributed by atoms with van der Waals surface area (Å²) in [5, 5.41) is 2.96. The maximum absolute atomic E-state index is 12.5. The van der Waals surface area contributed by atoms with Crippen molar-refractivity contribution >= 4 is 5.95 Å². The molecule has 5 nitrogen and oxygen atoms in total. The number of ether oxygens (including phenoxy) is 2. The van der Waals surface area contributed by atoms with Crippen LogP contribution >= 0.6 is 0 Å². The van der Waals surface area contributed by atoms with Crippen LogP contribution < -0.4 is 5.32 Å². The molecule has 0 bridgehead atoms. The highest BCUT2D eigenvalue weighted by molar-refractivity contribution is 5.21. The Morgan fingerprint density at radius 1 is 1.25 bits per heavy atom. The lowest BCUT2D eigenvalue weighted by molar-refractivity contribution is 0.0705. The minimum atomic E-state index is -0.437. The molecule has 0 aromatic carbocycles. The van der Waals surface area contributed by atoms with E-state index in [1.807, 2.05) is 0 Å². The van der Waals surface area contributed by atoms with Crippen molar-refractivity contribution in [2.24, 2.45) is 0 Å². The molecule has 6 heteroatoms. The zero-order valence-corrected chi connectivity index (χ0v) is 9.28. The molecule has 0 unspecified atom stereocenters. The zero-order valence-electron chi connectivity index (χ0n) is 9.28. The van der Waals surface area contributed by atoms with E-state index < -0.39 is 5.82 Å². The van der Waals surface area contributed by atoms with E-state index in [1.165, 1.54) is 0 Å². The van der Waals surface area contributed by atoms with Crippen molar-refractivity contribution in [2.45, 2.75) is 6.42 Å².